The van der Waals surface area contributed by atoms with Gasteiger partial charge in [-0.1, -0.05) is 23.7 Å². The van der Waals surface area contributed by atoms with E-state index in [0.717, 1.165) is 37.3 Å². The van der Waals surface area contributed by atoms with Crippen LogP contribution >= 0.6 is 36.4 Å². The topological polar surface area (TPSA) is 15.3 Å². The van der Waals surface area contributed by atoms with Gasteiger partial charge in [-0.3, -0.25) is 4.90 Å². The molecule has 1 heterocycles. The molecule has 1 saturated heterocycles. The van der Waals surface area contributed by atoms with Crippen LogP contribution in [-0.2, 0) is 0 Å². The molecule has 23 heavy (non-hydrogen) atoms. The van der Waals surface area contributed by atoms with Crippen LogP contribution in [0.2, 0.25) is 5.02 Å². The van der Waals surface area contributed by atoms with Gasteiger partial charge in [0.25, 0.3) is 0 Å². The first-order valence-corrected chi connectivity index (χ1v) is 7.53. The summed E-state index contributed by atoms with van der Waals surface area (Å²) in [5.74, 6) is 0. The van der Waals surface area contributed by atoms with Gasteiger partial charge in [-0.05, 0) is 30.5 Å². The van der Waals surface area contributed by atoms with Crippen molar-refractivity contribution in [3.05, 3.63) is 34.3 Å². The molecule has 0 amide bonds. The number of halogens is 6. The Balaban J connectivity index is 0.00000242. The number of benzene rings is 1. The SMILES string of the molecule is Cc1cccc(Cl)c1[C@@H](CCC(F)(F)F)N1CCNCC1.Cl.Cl. The zero-order valence-corrected chi connectivity index (χ0v) is 15.2. The first-order valence-electron chi connectivity index (χ1n) is 7.15. The molecule has 1 aliphatic heterocycles. The van der Waals surface area contributed by atoms with Gasteiger partial charge in [0.2, 0.25) is 0 Å². The maximum Gasteiger partial charge on any atom is 0.389 e. The number of hydrogen-bond donors (Lipinski definition) is 1. The van der Waals surface area contributed by atoms with Crippen LogP contribution in [0.1, 0.15) is 30.0 Å². The third-order valence-electron chi connectivity index (χ3n) is 3.90. The van der Waals surface area contributed by atoms with Crippen LogP contribution < -0.4 is 5.32 Å². The van der Waals surface area contributed by atoms with Crippen LogP contribution in [0.3, 0.4) is 0 Å². The lowest BCUT2D eigenvalue weighted by Crippen LogP contribution is -2.45. The maximum absolute atomic E-state index is 12.6. The maximum atomic E-state index is 12.6. The summed E-state index contributed by atoms with van der Waals surface area (Å²) in [6.07, 6.45) is -4.87. The lowest BCUT2D eigenvalue weighted by atomic mass is 9.95. The Morgan fingerprint density at radius 2 is 1.83 bits per heavy atom. The highest BCUT2D eigenvalue weighted by atomic mass is 35.5. The van der Waals surface area contributed by atoms with E-state index >= 15 is 0 Å². The third-order valence-corrected chi connectivity index (χ3v) is 4.23. The largest absolute Gasteiger partial charge is 0.389 e. The molecule has 1 aliphatic rings. The molecule has 1 N–H and O–H groups in total. The van der Waals surface area contributed by atoms with Crippen LogP contribution in [0.25, 0.3) is 0 Å². The fraction of sp³-hybridized carbons (Fsp3) is 0.600. The minimum Gasteiger partial charge on any atom is -0.314 e. The Kier molecular flexibility index (Phi) is 9.86. The summed E-state index contributed by atoms with van der Waals surface area (Å²) in [6.45, 7) is 4.99. The zero-order chi connectivity index (χ0) is 15.5. The molecular formula is C15H22Cl3F3N2. The van der Waals surface area contributed by atoms with Crippen molar-refractivity contribution in [3.8, 4) is 0 Å². The van der Waals surface area contributed by atoms with Crippen LogP contribution in [0.15, 0.2) is 18.2 Å². The van der Waals surface area contributed by atoms with E-state index in [0.29, 0.717) is 5.02 Å². The number of nitrogens with zero attached hydrogens (tertiary/aromatic N) is 1. The Bertz CT molecular complexity index is 457. The Morgan fingerprint density at radius 1 is 1.22 bits per heavy atom. The summed E-state index contributed by atoms with van der Waals surface area (Å²) < 4.78 is 37.9. The van der Waals surface area contributed by atoms with Gasteiger partial charge in [0.05, 0.1) is 0 Å². The molecule has 0 radical (unpaired) electrons. The van der Waals surface area contributed by atoms with Crippen LogP contribution in [0.4, 0.5) is 13.2 Å². The Hall–Kier alpha value is -0.200. The summed E-state index contributed by atoms with van der Waals surface area (Å²) in [4.78, 5) is 2.11. The average Bonchev–Trinajstić information content (AvgIpc) is 2.42. The standard InChI is InChI=1S/C15H20ClF3N2.2ClH/c1-11-3-2-4-12(16)14(11)13(5-6-15(17,18)19)21-9-7-20-8-10-21;;/h2-4,13,20H,5-10H2,1H3;2*1H/t13-;;/m1../s1. The number of piperazine rings is 1. The van der Waals surface area contributed by atoms with Crippen molar-refractivity contribution in [2.45, 2.75) is 32.0 Å². The normalized spacial score (nSPS) is 17.1. The zero-order valence-electron chi connectivity index (χ0n) is 12.8. The van der Waals surface area contributed by atoms with Gasteiger partial charge in [0.1, 0.15) is 0 Å². The van der Waals surface area contributed by atoms with Gasteiger partial charge >= 0.3 is 6.18 Å². The summed E-state index contributed by atoms with van der Waals surface area (Å²) in [7, 11) is 0. The van der Waals surface area contributed by atoms with E-state index in [2.05, 4.69) is 10.2 Å². The van der Waals surface area contributed by atoms with Crippen LogP contribution in [0.5, 0.6) is 0 Å². The molecule has 0 unspecified atom stereocenters. The van der Waals surface area contributed by atoms with E-state index in [4.69, 9.17) is 11.6 Å². The predicted molar refractivity (Wildman–Crippen MR) is 93.2 cm³/mol. The molecular weight excluding hydrogens is 372 g/mol. The van der Waals surface area contributed by atoms with Crippen molar-refractivity contribution in [1.29, 1.82) is 0 Å². The minimum atomic E-state index is -4.14. The summed E-state index contributed by atoms with van der Waals surface area (Å²) in [5, 5.41) is 3.78. The molecule has 1 aromatic carbocycles. The molecule has 0 aliphatic carbocycles. The highest BCUT2D eigenvalue weighted by Crippen LogP contribution is 2.36. The molecule has 2 rings (SSSR count). The minimum absolute atomic E-state index is 0. The van der Waals surface area contributed by atoms with Gasteiger partial charge in [-0.25, -0.2) is 0 Å². The molecule has 0 bridgehead atoms. The second-order valence-electron chi connectivity index (χ2n) is 5.43. The molecule has 1 fully saturated rings. The molecule has 1 atom stereocenters. The fourth-order valence-corrected chi connectivity index (χ4v) is 3.22. The van der Waals surface area contributed by atoms with E-state index < -0.39 is 12.6 Å². The molecule has 0 aromatic heterocycles. The van der Waals surface area contributed by atoms with Gasteiger partial charge in [0, 0.05) is 43.7 Å². The Labute approximate surface area is 152 Å². The monoisotopic (exact) mass is 392 g/mol. The Morgan fingerprint density at radius 3 is 2.35 bits per heavy atom. The molecule has 0 spiro atoms. The lowest BCUT2D eigenvalue weighted by Gasteiger charge is -2.36. The predicted octanol–water partition coefficient (Wildman–Crippen LogP) is 4.78. The summed E-state index contributed by atoms with van der Waals surface area (Å²) >= 11 is 6.27. The van der Waals surface area contributed by atoms with Gasteiger partial charge in [0.15, 0.2) is 0 Å². The second-order valence-corrected chi connectivity index (χ2v) is 5.83. The lowest BCUT2D eigenvalue weighted by molar-refractivity contribution is -0.138. The average molecular weight is 394 g/mol. The van der Waals surface area contributed by atoms with E-state index in [-0.39, 0.29) is 37.3 Å². The van der Waals surface area contributed by atoms with E-state index in [1.54, 1.807) is 6.07 Å². The fourth-order valence-electron chi connectivity index (χ4n) is 2.87. The quantitative estimate of drug-likeness (QED) is 0.792. The van der Waals surface area contributed by atoms with Crippen molar-refractivity contribution < 1.29 is 13.2 Å². The van der Waals surface area contributed by atoms with Crippen molar-refractivity contribution in [2.24, 2.45) is 0 Å². The first-order chi connectivity index (χ1) is 9.88. The highest BCUT2D eigenvalue weighted by Gasteiger charge is 2.32. The van der Waals surface area contributed by atoms with E-state index in [1.807, 2.05) is 19.1 Å². The number of rotatable bonds is 4. The third kappa shape index (κ3) is 6.67. The van der Waals surface area contributed by atoms with Crippen molar-refractivity contribution in [3.63, 3.8) is 0 Å². The van der Waals surface area contributed by atoms with Crippen LogP contribution in [0, 0.1) is 6.92 Å². The summed E-state index contributed by atoms with van der Waals surface area (Å²) in [5.41, 5.74) is 1.79. The molecule has 0 saturated carbocycles. The second kappa shape index (κ2) is 9.94. The number of nitrogens with one attached hydrogen (secondary N) is 1. The molecule has 2 nitrogen and oxygen atoms in total. The van der Waals surface area contributed by atoms with Gasteiger partial charge in [-0.15, -0.1) is 24.8 Å². The van der Waals surface area contributed by atoms with Crippen LogP contribution in [-0.4, -0.2) is 37.3 Å². The van der Waals surface area contributed by atoms with Crippen molar-refractivity contribution in [1.82, 2.24) is 10.2 Å². The first kappa shape index (κ1) is 22.8. The van der Waals surface area contributed by atoms with Crippen molar-refractivity contribution >= 4 is 36.4 Å². The number of alkyl halides is 3. The summed E-state index contributed by atoms with van der Waals surface area (Å²) in [6, 6.07) is 5.22. The molecule has 8 heteroatoms. The van der Waals surface area contributed by atoms with Gasteiger partial charge < -0.3 is 5.32 Å². The number of aryl methyl sites for hydroxylation is 1. The van der Waals surface area contributed by atoms with Gasteiger partial charge in [-0.2, -0.15) is 13.2 Å². The molecule has 1 aromatic rings. The van der Waals surface area contributed by atoms with Crippen molar-refractivity contribution in [2.75, 3.05) is 26.2 Å². The van der Waals surface area contributed by atoms with E-state index in [1.165, 1.54) is 0 Å². The smallest absolute Gasteiger partial charge is 0.314 e. The van der Waals surface area contributed by atoms with E-state index in [9.17, 15) is 13.2 Å². The highest BCUT2D eigenvalue weighted by molar-refractivity contribution is 6.31. The molecule has 134 valence electrons. The number of hydrogen-bond acceptors (Lipinski definition) is 2.